The van der Waals surface area contributed by atoms with Gasteiger partial charge >= 0.3 is 0 Å². The second kappa shape index (κ2) is 3.56. The van der Waals surface area contributed by atoms with Crippen molar-refractivity contribution < 1.29 is 9.47 Å². The quantitative estimate of drug-likeness (QED) is 0.786. The second-order valence-electron chi connectivity index (χ2n) is 4.13. The minimum Gasteiger partial charge on any atom is -0.485 e. The molecule has 0 aromatic carbocycles. The summed E-state index contributed by atoms with van der Waals surface area (Å²) in [6.07, 6.45) is 1.89. The molecule has 0 spiro atoms. The van der Waals surface area contributed by atoms with Gasteiger partial charge in [-0.15, -0.1) is 0 Å². The molecule has 3 nitrogen and oxygen atoms in total. The Hall–Kier alpha value is -1.12. The van der Waals surface area contributed by atoms with E-state index in [1.165, 1.54) is 0 Å². The number of aromatic nitrogens is 1. The van der Waals surface area contributed by atoms with Gasteiger partial charge < -0.3 is 14.5 Å². The first-order chi connectivity index (χ1) is 6.70. The highest BCUT2D eigenvalue weighted by molar-refractivity contribution is 5.46. The molecule has 1 unspecified atom stereocenters. The van der Waals surface area contributed by atoms with Gasteiger partial charge in [-0.2, -0.15) is 0 Å². The molecule has 1 aromatic heterocycles. The van der Waals surface area contributed by atoms with Gasteiger partial charge in [0.15, 0.2) is 11.5 Å². The molecule has 78 valence electrons. The zero-order valence-corrected chi connectivity index (χ0v) is 8.96. The van der Waals surface area contributed by atoms with Gasteiger partial charge in [-0.1, -0.05) is 20.8 Å². The van der Waals surface area contributed by atoms with E-state index in [2.05, 4.69) is 25.8 Å². The van der Waals surface area contributed by atoms with Gasteiger partial charge in [0.2, 0.25) is 0 Å². The fourth-order valence-corrected chi connectivity index (χ4v) is 1.63. The summed E-state index contributed by atoms with van der Waals surface area (Å²) in [6, 6.07) is 0. The molecule has 2 heterocycles. The summed E-state index contributed by atoms with van der Waals surface area (Å²) in [5.41, 5.74) is 1.16. The van der Waals surface area contributed by atoms with Gasteiger partial charge in [0.1, 0.15) is 13.2 Å². The first kappa shape index (κ1) is 9.44. The van der Waals surface area contributed by atoms with Crippen LogP contribution in [0.15, 0.2) is 6.20 Å². The SMILES string of the molecule is CC(C)C(C)c1[nH]cc2c1OCCO2. The van der Waals surface area contributed by atoms with Crippen LogP contribution in [0.25, 0.3) is 0 Å². The molecular weight excluding hydrogens is 178 g/mol. The zero-order chi connectivity index (χ0) is 10.1. The van der Waals surface area contributed by atoms with Crippen molar-refractivity contribution in [2.45, 2.75) is 26.7 Å². The lowest BCUT2D eigenvalue weighted by atomic mass is 9.94. The molecule has 1 aliphatic rings. The molecule has 3 heteroatoms. The standard InChI is InChI=1S/C11H17NO2/c1-7(2)8(3)10-11-9(6-12-10)13-4-5-14-11/h6-8,12H,4-5H2,1-3H3. The summed E-state index contributed by atoms with van der Waals surface area (Å²) in [4.78, 5) is 3.25. The Morgan fingerprint density at radius 3 is 2.64 bits per heavy atom. The molecule has 1 N–H and O–H groups in total. The van der Waals surface area contributed by atoms with Crippen molar-refractivity contribution >= 4 is 0 Å². The van der Waals surface area contributed by atoms with Crippen LogP contribution in [-0.4, -0.2) is 18.2 Å². The third kappa shape index (κ3) is 1.47. The summed E-state index contributed by atoms with van der Waals surface area (Å²) in [6.45, 7) is 7.93. The number of ether oxygens (including phenoxy) is 2. The van der Waals surface area contributed by atoms with Gasteiger partial charge in [-0.25, -0.2) is 0 Å². The van der Waals surface area contributed by atoms with Crippen molar-refractivity contribution in [3.05, 3.63) is 11.9 Å². The molecule has 0 saturated carbocycles. The number of hydrogen-bond acceptors (Lipinski definition) is 2. The van der Waals surface area contributed by atoms with Crippen LogP contribution in [0.5, 0.6) is 11.5 Å². The molecule has 0 aliphatic carbocycles. The molecule has 1 aliphatic heterocycles. The smallest absolute Gasteiger partial charge is 0.182 e. The fourth-order valence-electron chi connectivity index (χ4n) is 1.63. The van der Waals surface area contributed by atoms with Crippen LogP contribution in [-0.2, 0) is 0 Å². The predicted octanol–water partition coefficient (Wildman–Crippen LogP) is 2.55. The van der Waals surface area contributed by atoms with E-state index in [4.69, 9.17) is 9.47 Å². The molecular formula is C11H17NO2. The maximum absolute atomic E-state index is 5.61. The van der Waals surface area contributed by atoms with Crippen LogP contribution in [0.4, 0.5) is 0 Å². The number of hydrogen-bond donors (Lipinski definition) is 1. The summed E-state index contributed by atoms with van der Waals surface area (Å²) >= 11 is 0. The van der Waals surface area contributed by atoms with Crippen molar-refractivity contribution in [3.63, 3.8) is 0 Å². The largest absolute Gasteiger partial charge is 0.485 e. The lowest BCUT2D eigenvalue weighted by molar-refractivity contribution is 0.171. The van der Waals surface area contributed by atoms with Gasteiger partial charge in [-0.3, -0.25) is 0 Å². The second-order valence-corrected chi connectivity index (χ2v) is 4.13. The van der Waals surface area contributed by atoms with Crippen LogP contribution >= 0.6 is 0 Å². The third-order valence-electron chi connectivity index (χ3n) is 2.87. The van der Waals surface area contributed by atoms with Crippen molar-refractivity contribution in [3.8, 4) is 11.5 Å². The Kier molecular flexibility index (Phi) is 2.40. The molecule has 1 atom stereocenters. The Bertz CT molecular complexity index is 317. The zero-order valence-electron chi connectivity index (χ0n) is 8.96. The molecule has 0 saturated heterocycles. The average Bonchev–Trinajstić information content (AvgIpc) is 2.60. The average molecular weight is 195 g/mol. The molecule has 0 fully saturated rings. The minimum atomic E-state index is 0.473. The Labute approximate surface area is 84.4 Å². The van der Waals surface area contributed by atoms with Gasteiger partial charge in [0.05, 0.1) is 5.69 Å². The van der Waals surface area contributed by atoms with E-state index < -0.39 is 0 Å². The first-order valence-electron chi connectivity index (χ1n) is 5.17. The number of fused-ring (bicyclic) bond motifs is 1. The molecule has 2 rings (SSSR count). The molecule has 0 bridgehead atoms. The summed E-state index contributed by atoms with van der Waals surface area (Å²) in [7, 11) is 0. The molecule has 1 aromatic rings. The lowest BCUT2D eigenvalue weighted by Gasteiger charge is -2.20. The van der Waals surface area contributed by atoms with Gasteiger partial charge in [0, 0.05) is 12.1 Å². The van der Waals surface area contributed by atoms with Crippen LogP contribution in [0.1, 0.15) is 32.4 Å². The van der Waals surface area contributed by atoms with E-state index in [0.29, 0.717) is 25.0 Å². The highest BCUT2D eigenvalue weighted by atomic mass is 16.6. The third-order valence-corrected chi connectivity index (χ3v) is 2.87. The van der Waals surface area contributed by atoms with E-state index in [0.717, 1.165) is 17.2 Å². The van der Waals surface area contributed by atoms with Crippen molar-refractivity contribution in [1.29, 1.82) is 0 Å². The summed E-state index contributed by atoms with van der Waals surface area (Å²) < 4.78 is 11.1. The van der Waals surface area contributed by atoms with Gasteiger partial charge in [0.25, 0.3) is 0 Å². The Morgan fingerprint density at radius 1 is 1.21 bits per heavy atom. The van der Waals surface area contributed by atoms with Crippen LogP contribution in [0, 0.1) is 5.92 Å². The van der Waals surface area contributed by atoms with E-state index in [9.17, 15) is 0 Å². The Balaban J connectivity index is 2.30. The van der Waals surface area contributed by atoms with Gasteiger partial charge in [-0.05, 0) is 5.92 Å². The topological polar surface area (TPSA) is 34.2 Å². The van der Waals surface area contributed by atoms with E-state index >= 15 is 0 Å². The maximum atomic E-state index is 5.61. The predicted molar refractivity (Wildman–Crippen MR) is 55.0 cm³/mol. The van der Waals surface area contributed by atoms with Crippen molar-refractivity contribution in [1.82, 2.24) is 4.98 Å². The number of H-pyrrole nitrogens is 1. The van der Waals surface area contributed by atoms with E-state index in [1.54, 1.807) is 0 Å². The monoisotopic (exact) mass is 195 g/mol. The van der Waals surface area contributed by atoms with E-state index in [-0.39, 0.29) is 0 Å². The maximum Gasteiger partial charge on any atom is 0.182 e. The van der Waals surface area contributed by atoms with E-state index in [1.807, 2.05) is 6.20 Å². The highest BCUT2D eigenvalue weighted by Gasteiger charge is 2.23. The molecule has 0 amide bonds. The molecule has 14 heavy (non-hydrogen) atoms. The van der Waals surface area contributed by atoms with Crippen molar-refractivity contribution in [2.24, 2.45) is 5.92 Å². The van der Waals surface area contributed by atoms with Crippen LogP contribution in [0.2, 0.25) is 0 Å². The summed E-state index contributed by atoms with van der Waals surface area (Å²) in [5.74, 6) is 2.85. The van der Waals surface area contributed by atoms with Crippen molar-refractivity contribution in [2.75, 3.05) is 13.2 Å². The van der Waals surface area contributed by atoms with Crippen LogP contribution in [0.3, 0.4) is 0 Å². The first-order valence-corrected chi connectivity index (χ1v) is 5.17. The summed E-state index contributed by atoms with van der Waals surface area (Å²) in [5, 5.41) is 0. The lowest BCUT2D eigenvalue weighted by Crippen LogP contribution is -2.15. The fraction of sp³-hybridized carbons (Fsp3) is 0.636. The van der Waals surface area contributed by atoms with Crippen LogP contribution < -0.4 is 9.47 Å². The normalized spacial score (nSPS) is 17.1. The minimum absolute atomic E-state index is 0.473. The number of nitrogens with one attached hydrogen (secondary N) is 1. The highest BCUT2D eigenvalue weighted by Crippen LogP contribution is 2.39. The molecule has 0 radical (unpaired) electrons. The number of rotatable bonds is 2. The Morgan fingerprint density at radius 2 is 1.93 bits per heavy atom. The number of aromatic amines is 1.